The van der Waals surface area contributed by atoms with E-state index < -0.39 is 0 Å². The molecule has 5 heteroatoms. The number of H-pyrrole nitrogens is 1. The van der Waals surface area contributed by atoms with Crippen molar-refractivity contribution in [3.8, 4) is 22.8 Å². The van der Waals surface area contributed by atoms with Crippen LogP contribution in [-0.4, -0.2) is 29.0 Å². The van der Waals surface area contributed by atoms with Crippen molar-refractivity contribution in [3.05, 3.63) is 30.2 Å². The van der Waals surface area contributed by atoms with Gasteiger partial charge in [0, 0.05) is 5.56 Å². The molecular weight excluding hydrogens is 244 g/mol. The fourth-order valence-electron chi connectivity index (χ4n) is 2.05. The lowest BCUT2D eigenvalue weighted by Gasteiger charge is -2.18. The zero-order valence-electron chi connectivity index (χ0n) is 10.6. The number of carbonyl (C=O) groups excluding carboxylic acids is 1. The summed E-state index contributed by atoms with van der Waals surface area (Å²) in [5.74, 6) is 2.27. The molecule has 98 valence electrons. The molecule has 0 saturated heterocycles. The number of ketones is 1. The topological polar surface area (TPSA) is 64.2 Å². The van der Waals surface area contributed by atoms with Crippen LogP contribution in [0.2, 0.25) is 0 Å². The molecule has 1 aromatic heterocycles. The standard InChI is InChI=1S/C14H14N2O3/c1-9(17)6-14-15-8-11(16-14)10-2-3-12-13(7-10)19-5-4-18-12/h2-3,7-8H,4-6H2,1H3,(H,15,16). The van der Waals surface area contributed by atoms with Crippen molar-refractivity contribution in [3.63, 3.8) is 0 Å². The summed E-state index contributed by atoms with van der Waals surface area (Å²) >= 11 is 0. The van der Waals surface area contributed by atoms with Gasteiger partial charge in [0.1, 0.15) is 24.8 Å². The van der Waals surface area contributed by atoms with Gasteiger partial charge in [0.05, 0.1) is 18.3 Å². The molecule has 19 heavy (non-hydrogen) atoms. The number of ether oxygens (including phenoxy) is 2. The van der Waals surface area contributed by atoms with Crippen LogP contribution in [0.5, 0.6) is 11.5 Å². The van der Waals surface area contributed by atoms with Gasteiger partial charge in [0.15, 0.2) is 11.5 Å². The number of nitrogens with one attached hydrogen (secondary N) is 1. The summed E-state index contributed by atoms with van der Waals surface area (Å²) in [4.78, 5) is 18.4. The average Bonchev–Trinajstić information content (AvgIpc) is 2.86. The fourth-order valence-corrected chi connectivity index (χ4v) is 2.05. The van der Waals surface area contributed by atoms with E-state index in [-0.39, 0.29) is 5.78 Å². The fraction of sp³-hybridized carbons (Fsp3) is 0.286. The van der Waals surface area contributed by atoms with E-state index in [1.807, 2.05) is 18.2 Å². The Labute approximate surface area is 110 Å². The highest BCUT2D eigenvalue weighted by atomic mass is 16.6. The summed E-state index contributed by atoms with van der Waals surface area (Å²) in [7, 11) is 0. The minimum absolute atomic E-state index is 0.0862. The number of nitrogens with zero attached hydrogens (tertiary/aromatic N) is 1. The molecular formula is C14H14N2O3. The van der Waals surface area contributed by atoms with Crippen molar-refractivity contribution in [1.29, 1.82) is 0 Å². The van der Waals surface area contributed by atoms with Crippen LogP contribution in [0.15, 0.2) is 24.4 Å². The number of imidazole rings is 1. The van der Waals surface area contributed by atoms with Gasteiger partial charge in [-0.25, -0.2) is 4.98 Å². The van der Waals surface area contributed by atoms with E-state index in [9.17, 15) is 4.79 Å². The van der Waals surface area contributed by atoms with E-state index in [4.69, 9.17) is 9.47 Å². The predicted octanol–water partition coefficient (Wildman–Crippen LogP) is 1.98. The van der Waals surface area contributed by atoms with Crippen molar-refractivity contribution < 1.29 is 14.3 Å². The van der Waals surface area contributed by atoms with Gasteiger partial charge in [0.25, 0.3) is 0 Å². The molecule has 0 saturated carbocycles. The second-order valence-corrected chi connectivity index (χ2v) is 4.48. The van der Waals surface area contributed by atoms with Crippen LogP contribution in [0.25, 0.3) is 11.3 Å². The molecule has 0 aliphatic carbocycles. The number of aromatic nitrogens is 2. The Kier molecular flexibility index (Phi) is 2.95. The smallest absolute Gasteiger partial charge is 0.162 e. The number of aromatic amines is 1. The van der Waals surface area contributed by atoms with Gasteiger partial charge in [-0.15, -0.1) is 0 Å². The summed E-state index contributed by atoms with van der Waals surface area (Å²) in [5, 5.41) is 0. The molecule has 2 heterocycles. The summed E-state index contributed by atoms with van der Waals surface area (Å²) in [6, 6.07) is 5.74. The number of carbonyl (C=O) groups is 1. The molecule has 0 fully saturated rings. The first-order chi connectivity index (χ1) is 9.22. The van der Waals surface area contributed by atoms with Crippen LogP contribution in [0.4, 0.5) is 0 Å². The molecule has 1 aliphatic heterocycles. The Hall–Kier alpha value is -2.30. The van der Waals surface area contributed by atoms with Crippen LogP contribution in [0.3, 0.4) is 0 Å². The second-order valence-electron chi connectivity index (χ2n) is 4.48. The summed E-state index contributed by atoms with van der Waals surface area (Å²) < 4.78 is 11.0. The third-order valence-electron chi connectivity index (χ3n) is 2.90. The quantitative estimate of drug-likeness (QED) is 0.914. The third kappa shape index (κ3) is 2.45. The molecule has 3 rings (SSSR count). The highest BCUT2D eigenvalue weighted by Crippen LogP contribution is 2.33. The highest BCUT2D eigenvalue weighted by Gasteiger charge is 2.13. The summed E-state index contributed by atoms with van der Waals surface area (Å²) in [5.41, 5.74) is 1.83. The van der Waals surface area contributed by atoms with Crippen LogP contribution >= 0.6 is 0 Å². The minimum Gasteiger partial charge on any atom is -0.486 e. The molecule has 0 atom stereocenters. The zero-order valence-corrected chi connectivity index (χ0v) is 10.6. The maximum absolute atomic E-state index is 11.1. The number of hydrogen-bond donors (Lipinski definition) is 1. The summed E-state index contributed by atoms with van der Waals surface area (Å²) in [6.07, 6.45) is 2.05. The lowest BCUT2D eigenvalue weighted by atomic mass is 10.1. The number of Topliss-reactive ketones (excluding diaryl/α,β-unsaturated/α-hetero) is 1. The Morgan fingerprint density at radius 1 is 1.32 bits per heavy atom. The molecule has 0 spiro atoms. The predicted molar refractivity (Wildman–Crippen MR) is 69.4 cm³/mol. The first kappa shape index (κ1) is 11.8. The van der Waals surface area contributed by atoms with Gasteiger partial charge >= 0.3 is 0 Å². The van der Waals surface area contributed by atoms with Crippen LogP contribution in [-0.2, 0) is 11.2 Å². The van der Waals surface area contributed by atoms with Gasteiger partial charge in [0.2, 0.25) is 0 Å². The van der Waals surface area contributed by atoms with Crippen LogP contribution < -0.4 is 9.47 Å². The van der Waals surface area contributed by atoms with Gasteiger partial charge in [-0.2, -0.15) is 0 Å². The normalized spacial score (nSPS) is 13.3. The SMILES string of the molecule is CC(=O)Cc1ncc(-c2ccc3c(c2)OCCO3)[nH]1. The minimum atomic E-state index is 0.0862. The molecule has 0 unspecified atom stereocenters. The van der Waals surface area contributed by atoms with Crippen molar-refractivity contribution in [2.75, 3.05) is 13.2 Å². The third-order valence-corrected chi connectivity index (χ3v) is 2.90. The lowest BCUT2D eigenvalue weighted by molar-refractivity contribution is -0.116. The van der Waals surface area contributed by atoms with E-state index in [1.54, 1.807) is 13.1 Å². The molecule has 5 nitrogen and oxygen atoms in total. The highest BCUT2D eigenvalue weighted by molar-refractivity contribution is 5.77. The monoisotopic (exact) mass is 258 g/mol. The Bertz CT molecular complexity index is 619. The first-order valence-corrected chi connectivity index (χ1v) is 6.16. The molecule has 0 bridgehead atoms. The Morgan fingerprint density at radius 2 is 2.11 bits per heavy atom. The second kappa shape index (κ2) is 4.76. The molecule has 0 radical (unpaired) electrons. The van der Waals surface area contributed by atoms with E-state index in [1.165, 1.54) is 0 Å². The lowest BCUT2D eigenvalue weighted by Crippen LogP contribution is -2.15. The van der Waals surface area contributed by atoms with E-state index >= 15 is 0 Å². The maximum atomic E-state index is 11.1. The van der Waals surface area contributed by atoms with E-state index in [0.29, 0.717) is 25.5 Å². The van der Waals surface area contributed by atoms with Crippen molar-refractivity contribution in [2.45, 2.75) is 13.3 Å². The molecule has 1 N–H and O–H groups in total. The Morgan fingerprint density at radius 3 is 2.89 bits per heavy atom. The van der Waals surface area contributed by atoms with Crippen molar-refractivity contribution in [1.82, 2.24) is 9.97 Å². The van der Waals surface area contributed by atoms with Crippen LogP contribution in [0, 0.1) is 0 Å². The van der Waals surface area contributed by atoms with Crippen LogP contribution in [0.1, 0.15) is 12.7 Å². The van der Waals surface area contributed by atoms with E-state index in [0.717, 1.165) is 22.8 Å². The first-order valence-electron chi connectivity index (χ1n) is 6.16. The van der Waals surface area contributed by atoms with Crippen molar-refractivity contribution >= 4 is 5.78 Å². The molecule has 1 aliphatic rings. The van der Waals surface area contributed by atoms with Gasteiger partial charge in [-0.3, -0.25) is 4.79 Å². The van der Waals surface area contributed by atoms with Gasteiger partial charge in [-0.05, 0) is 25.1 Å². The molecule has 0 amide bonds. The summed E-state index contributed by atoms with van der Waals surface area (Å²) in [6.45, 7) is 2.69. The number of benzene rings is 1. The number of hydrogen-bond acceptors (Lipinski definition) is 4. The number of rotatable bonds is 3. The largest absolute Gasteiger partial charge is 0.486 e. The number of fused-ring (bicyclic) bond motifs is 1. The zero-order chi connectivity index (χ0) is 13.2. The Balaban J connectivity index is 1.89. The maximum Gasteiger partial charge on any atom is 0.162 e. The van der Waals surface area contributed by atoms with Gasteiger partial charge in [-0.1, -0.05) is 0 Å². The van der Waals surface area contributed by atoms with Gasteiger partial charge < -0.3 is 14.5 Å². The molecule has 1 aromatic carbocycles. The van der Waals surface area contributed by atoms with E-state index in [2.05, 4.69) is 9.97 Å². The average molecular weight is 258 g/mol. The molecule has 2 aromatic rings. The van der Waals surface area contributed by atoms with Crippen molar-refractivity contribution in [2.24, 2.45) is 0 Å².